The zero-order valence-corrected chi connectivity index (χ0v) is 11.9. The molecule has 0 radical (unpaired) electrons. The maximum atomic E-state index is 5.68. The Hall–Kier alpha value is -2.76. The van der Waals surface area contributed by atoms with Gasteiger partial charge >= 0.3 is 0 Å². The van der Waals surface area contributed by atoms with Crippen molar-refractivity contribution < 1.29 is 4.74 Å². The molecule has 2 unspecified atom stereocenters. The second kappa shape index (κ2) is 5.22. The van der Waals surface area contributed by atoms with E-state index in [1.807, 2.05) is 18.2 Å². The molecule has 0 aliphatic heterocycles. The van der Waals surface area contributed by atoms with Crippen molar-refractivity contribution in [2.75, 3.05) is 12.3 Å². The normalized spacial score (nSPS) is 20.0. The molecule has 2 atom stereocenters. The van der Waals surface area contributed by atoms with Crippen molar-refractivity contribution in [2.45, 2.75) is 12.3 Å². The number of anilines is 1. The molecule has 0 bridgehead atoms. The molecule has 3 aromatic heterocycles. The molecule has 3 heterocycles. The van der Waals surface area contributed by atoms with Crippen LogP contribution in [-0.2, 0) is 0 Å². The molecule has 6 nitrogen and oxygen atoms in total. The minimum atomic E-state index is 0.418. The molecule has 1 aliphatic carbocycles. The van der Waals surface area contributed by atoms with Crippen molar-refractivity contribution >= 4 is 16.9 Å². The maximum absolute atomic E-state index is 5.68. The van der Waals surface area contributed by atoms with Gasteiger partial charge in [-0.2, -0.15) is 0 Å². The van der Waals surface area contributed by atoms with E-state index in [-0.39, 0.29) is 0 Å². The molecule has 6 heteroatoms. The third-order valence-electron chi connectivity index (χ3n) is 3.89. The molecule has 1 fully saturated rings. The highest BCUT2D eigenvalue weighted by Crippen LogP contribution is 2.46. The number of nitrogen functional groups attached to an aromatic ring is 1. The van der Waals surface area contributed by atoms with Crippen molar-refractivity contribution in [3.05, 3.63) is 48.5 Å². The van der Waals surface area contributed by atoms with Crippen LogP contribution in [0, 0.1) is 5.92 Å². The molecule has 4 rings (SSSR count). The van der Waals surface area contributed by atoms with Gasteiger partial charge in [0.2, 0.25) is 5.88 Å². The molecule has 110 valence electrons. The fraction of sp³-hybridized carbons (Fsp3) is 0.250. The van der Waals surface area contributed by atoms with E-state index >= 15 is 0 Å². The average molecular weight is 293 g/mol. The van der Waals surface area contributed by atoms with Gasteiger partial charge in [0.05, 0.1) is 17.6 Å². The Labute approximate surface area is 127 Å². The van der Waals surface area contributed by atoms with Crippen molar-refractivity contribution in [2.24, 2.45) is 5.92 Å². The predicted molar refractivity (Wildman–Crippen MR) is 82.3 cm³/mol. The summed E-state index contributed by atoms with van der Waals surface area (Å²) >= 11 is 0. The van der Waals surface area contributed by atoms with E-state index in [0.29, 0.717) is 30.1 Å². The highest BCUT2D eigenvalue weighted by molar-refractivity contribution is 5.73. The number of hydrogen-bond acceptors (Lipinski definition) is 6. The van der Waals surface area contributed by atoms with E-state index in [1.165, 1.54) is 6.33 Å². The first-order valence-corrected chi connectivity index (χ1v) is 7.21. The number of rotatable bonds is 4. The van der Waals surface area contributed by atoms with E-state index in [9.17, 15) is 0 Å². The van der Waals surface area contributed by atoms with Crippen molar-refractivity contribution in [3.63, 3.8) is 0 Å². The van der Waals surface area contributed by atoms with Gasteiger partial charge in [-0.05, 0) is 30.7 Å². The first kappa shape index (κ1) is 12.9. The van der Waals surface area contributed by atoms with Gasteiger partial charge in [-0.15, -0.1) is 0 Å². The lowest BCUT2D eigenvalue weighted by atomic mass is 10.2. The van der Waals surface area contributed by atoms with Gasteiger partial charge < -0.3 is 10.5 Å². The van der Waals surface area contributed by atoms with Gasteiger partial charge in [0.1, 0.15) is 12.1 Å². The van der Waals surface area contributed by atoms with Crippen LogP contribution >= 0.6 is 0 Å². The Kier molecular flexibility index (Phi) is 3.07. The van der Waals surface area contributed by atoms with E-state index in [2.05, 4.69) is 21.0 Å². The quantitative estimate of drug-likeness (QED) is 0.793. The first-order chi connectivity index (χ1) is 10.8. The molecule has 0 aromatic carbocycles. The number of nitrogens with two attached hydrogens (primary N) is 1. The Morgan fingerprint density at radius 2 is 2.09 bits per heavy atom. The van der Waals surface area contributed by atoms with Gasteiger partial charge in [-0.3, -0.25) is 9.97 Å². The summed E-state index contributed by atoms with van der Waals surface area (Å²) in [5, 5.41) is 0. The SMILES string of the molecule is Nc1cc(OCC2CC2c2ccc3ncccc3n2)ncn1. The molecule has 22 heavy (non-hydrogen) atoms. The van der Waals surface area contributed by atoms with Crippen LogP contribution in [0.4, 0.5) is 5.82 Å². The second-order valence-corrected chi connectivity index (χ2v) is 5.47. The van der Waals surface area contributed by atoms with Crippen LogP contribution in [0.25, 0.3) is 11.0 Å². The van der Waals surface area contributed by atoms with Crippen LogP contribution in [0.15, 0.2) is 42.9 Å². The minimum absolute atomic E-state index is 0.418. The van der Waals surface area contributed by atoms with Crippen LogP contribution < -0.4 is 10.5 Å². The number of pyridine rings is 2. The van der Waals surface area contributed by atoms with Crippen molar-refractivity contribution in [1.29, 1.82) is 0 Å². The Morgan fingerprint density at radius 1 is 1.14 bits per heavy atom. The largest absolute Gasteiger partial charge is 0.477 e. The summed E-state index contributed by atoms with van der Waals surface area (Å²) in [4.78, 5) is 16.9. The van der Waals surface area contributed by atoms with E-state index in [0.717, 1.165) is 23.1 Å². The lowest BCUT2D eigenvalue weighted by Crippen LogP contribution is -2.04. The van der Waals surface area contributed by atoms with Gasteiger partial charge in [0, 0.05) is 29.8 Å². The smallest absolute Gasteiger partial charge is 0.218 e. The van der Waals surface area contributed by atoms with Crippen LogP contribution in [0.3, 0.4) is 0 Å². The predicted octanol–water partition coefficient (Wildman–Crippen LogP) is 2.18. The third kappa shape index (κ3) is 2.55. The van der Waals surface area contributed by atoms with Crippen LogP contribution in [0.2, 0.25) is 0 Å². The van der Waals surface area contributed by atoms with Gasteiger partial charge in [-0.25, -0.2) is 9.97 Å². The van der Waals surface area contributed by atoms with Crippen molar-refractivity contribution in [3.8, 4) is 5.88 Å². The highest BCUT2D eigenvalue weighted by atomic mass is 16.5. The Balaban J connectivity index is 1.42. The fourth-order valence-electron chi connectivity index (χ4n) is 2.60. The van der Waals surface area contributed by atoms with E-state index in [4.69, 9.17) is 15.5 Å². The zero-order chi connectivity index (χ0) is 14.9. The first-order valence-electron chi connectivity index (χ1n) is 7.21. The van der Waals surface area contributed by atoms with E-state index < -0.39 is 0 Å². The van der Waals surface area contributed by atoms with Crippen LogP contribution in [0.1, 0.15) is 18.0 Å². The summed E-state index contributed by atoms with van der Waals surface area (Å²) in [5.41, 5.74) is 8.58. The lowest BCUT2D eigenvalue weighted by molar-refractivity contribution is 0.285. The van der Waals surface area contributed by atoms with Gasteiger partial charge in [-0.1, -0.05) is 0 Å². The van der Waals surface area contributed by atoms with Gasteiger partial charge in [0.25, 0.3) is 0 Å². The topological polar surface area (TPSA) is 86.8 Å². The van der Waals surface area contributed by atoms with Crippen LogP contribution in [-0.4, -0.2) is 26.5 Å². The number of aromatic nitrogens is 4. The number of nitrogens with zero attached hydrogens (tertiary/aromatic N) is 4. The highest BCUT2D eigenvalue weighted by Gasteiger charge is 2.40. The molecule has 1 aliphatic rings. The summed E-state index contributed by atoms with van der Waals surface area (Å²) in [6.07, 6.45) is 4.27. The summed E-state index contributed by atoms with van der Waals surface area (Å²) in [5.74, 6) is 1.86. The molecule has 0 saturated heterocycles. The number of fused-ring (bicyclic) bond motifs is 1. The monoisotopic (exact) mass is 293 g/mol. The molecule has 1 saturated carbocycles. The summed E-state index contributed by atoms with van der Waals surface area (Å²) in [6.45, 7) is 0.619. The van der Waals surface area contributed by atoms with Crippen molar-refractivity contribution in [1.82, 2.24) is 19.9 Å². The third-order valence-corrected chi connectivity index (χ3v) is 3.89. The maximum Gasteiger partial charge on any atom is 0.218 e. The molecule has 0 amide bonds. The zero-order valence-electron chi connectivity index (χ0n) is 11.9. The molecular formula is C16H15N5O. The summed E-state index contributed by atoms with van der Waals surface area (Å²) < 4.78 is 5.68. The Morgan fingerprint density at radius 3 is 3.00 bits per heavy atom. The average Bonchev–Trinajstić information content (AvgIpc) is 3.32. The van der Waals surface area contributed by atoms with E-state index in [1.54, 1.807) is 12.3 Å². The summed E-state index contributed by atoms with van der Waals surface area (Å²) in [6, 6.07) is 9.62. The van der Waals surface area contributed by atoms with Gasteiger partial charge in [0.15, 0.2) is 0 Å². The molecule has 2 N–H and O–H groups in total. The fourth-order valence-corrected chi connectivity index (χ4v) is 2.60. The molecule has 0 spiro atoms. The Bertz CT molecular complexity index is 822. The number of ether oxygens (including phenoxy) is 1. The molecular weight excluding hydrogens is 278 g/mol. The summed E-state index contributed by atoms with van der Waals surface area (Å²) in [7, 11) is 0. The van der Waals surface area contributed by atoms with Crippen LogP contribution in [0.5, 0.6) is 5.88 Å². The minimum Gasteiger partial charge on any atom is -0.477 e. The molecule has 3 aromatic rings. The lowest BCUT2D eigenvalue weighted by Gasteiger charge is -2.05. The second-order valence-electron chi connectivity index (χ2n) is 5.47. The standard InChI is InChI=1S/C16H15N5O/c17-15-7-16(20-9-19-15)22-8-10-6-11(10)12-3-4-13-14(21-12)2-1-5-18-13/h1-5,7,9-11H,6,8H2,(H2,17,19,20). The number of hydrogen-bond donors (Lipinski definition) is 1.